The van der Waals surface area contributed by atoms with Crippen LogP contribution in [0.3, 0.4) is 0 Å². The van der Waals surface area contributed by atoms with Gasteiger partial charge in [-0.1, -0.05) is 13.3 Å². The Morgan fingerprint density at radius 1 is 1.05 bits per heavy atom. The monoisotopic (exact) mass is 270 g/mol. The molecule has 1 saturated carbocycles. The number of hydrogen-bond donors (Lipinski definition) is 1. The van der Waals surface area contributed by atoms with Crippen molar-refractivity contribution in [2.24, 2.45) is 5.92 Å². The van der Waals surface area contributed by atoms with E-state index in [2.05, 4.69) is 46.7 Å². The smallest absolute Gasteiger partial charge is 0.0858 e. The molecule has 20 heavy (non-hydrogen) atoms. The van der Waals surface area contributed by atoms with Crippen molar-refractivity contribution in [3.05, 3.63) is 36.7 Å². The minimum atomic E-state index is 0.631. The fraction of sp³-hybridized carbons (Fsp3) is 0.500. The Balaban J connectivity index is 1.59. The molecule has 1 fully saturated rings. The summed E-state index contributed by atoms with van der Waals surface area (Å²) in [4.78, 5) is 1.64. The van der Waals surface area contributed by atoms with Crippen molar-refractivity contribution in [2.75, 3.05) is 5.32 Å². The zero-order valence-corrected chi connectivity index (χ0v) is 12.0. The van der Waals surface area contributed by atoms with Crippen LogP contribution in [0.1, 0.15) is 39.0 Å². The van der Waals surface area contributed by atoms with Gasteiger partial charge in [0, 0.05) is 11.7 Å². The molecule has 1 heterocycles. The highest BCUT2D eigenvalue weighted by Gasteiger charge is 2.19. The van der Waals surface area contributed by atoms with Crippen LogP contribution in [0.15, 0.2) is 36.7 Å². The number of anilines is 1. The van der Waals surface area contributed by atoms with Gasteiger partial charge in [0.1, 0.15) is 0 Å². The van der Waals surface area contributed by atoms with Crippen molar-refractivity contribution in [1.82, 2.24) is 15.0 Å². The van der Waals surface area contributed by atoms with Crippen LogP contribution in [0.25, 0.3) is 5.69 Å². The summed E-state index contributed by atoms with van der Waals surface area (Å²) in [6, 6.07) is 8.97. The zero-order valence-electron chi connectivity index (χ0n) is 12.0. The summed E-state index contributed by atoms with van der Waals surface area (Å²) in [7, 11) is 0. The second kappa shape index (κ2) is 6.07. The van der Waals surface area contributed by atoms with E-state index < -0.39 is 0 Å². The van der Waals surface area contributed by atoms with E-state index in [1.54, 1.807) is 17.2 Å². The predicted octanol–water partition coefficient (Wildman–Crippen LogP) is 3.65. The van der Waals surface area contributed by atoms with Crippen LogP contribution in [0.4, 0.5) is 5.69 Å². The van der Waals surface area contributed by atoms with Crippen LogP contribution in [-0.2, 0) is 0 Å². The first-order valence-electron chi connectivity index (χ1n) is 7.58. The summed E-state index contributed by atoms with van der Waals surface area (Å²) < 4.78 is 0. The third-order valence-corrected chi connectivity index (χ3v) is 4.31. The van der Waals surface area contributed by atoms with E-state index in [1.807, 2.05) is 0 Å². The van der Waals surface area contributed by atoms with E-state index in [9.17, 15) is 0 Å². The minimum Gasteiger partial charge on any atom is -0.382 e. The lowest BCUT2D eigenvalue weighted by atomic mass is 9.84. The third kappa shape index (κ3) is 3.00. The maximum atomic E-state index is 4.13. The zero-order chi connectivity index (χ0) is 13.8. The van der Waals surface area contributed by atoms with Gasteiger partial charge in [-0.3, -0.25) is 0 Å². The lowest BCUT2D eigenvalue weighted by molar-refractivity contribution is 0.330. The van der Waals surface area contributed by atoms with E-state index in [0.717, 1.165) is 11.6 Å². The molecule has 3 rings (SSSR count). The van der Waals surface area contributed by atoms with Gasteiger partial charge in [0.2, 0.25) is 0 Å². The van der Waals surface area contributed by atoms with Crippen LogP contribution >= 0.6 is 0 Å². The molecule has 1 aromatic carbocycles. The van der Waals surface area contributed by atoms with Crippen LogP contribution in [0.2, 0.25) is 0 Å². The van der Waals surface area contributed by atoms with Crippen molar-refractivity contribution in [2.45, 2.75) is 45.1 Å². The molecule has 0 spiro atoms. The van der Waals surface area contributed by atoms with Crippen molar-refractivity contribution in [3.63, 3.8) is 0 Å². The highest BCUT2D eigenvalue weighted by atomic mass is 15.5. The molecule has 106 valence electrons. The van der Waals surface area contributed by atoms with Gasteiger partial charge in [-0.05, 0) is 55.9 Å². The second-order valence-electron chi connectivity index (χ2n) is 5.64. The molecule has 0 bridgehead atoms. The first-order valence-corrected chi connectivity index (χ1v) is 7.58. The molecule has 2 aromatic rings. The van der Waals surface area contributed by atoms with Crippen molar-refractivity contribution in [3.8, 4) is 5.69 Å². The van der Waals surface area contributed by atoms with Crippen molar-refractivity contribution in [1.29, 1.82) is 0 Å². The maximum Gasteiger partial charge on any atom is 0.0858 e. The van der Waals surface area contributed by atoms with Crippen molar-refractivity contribution >= 4 is 5.69 Å². The first kappa shape index (κ1) is 13.2. The lowest BCUT2D eigenvalue weighted by Crippen LogP contribution is -2.25. The summed E-state index contributed by atoms with van der Waals surface area (Å²) in [5.41, 5.74) is 2.19. The Bertz CT molecular complexity index is 510. The van der Waals surface area contributed by atoms with E-state index >= 15 is 0 Å². The molecule has 0 radical (unpaired) electrons. The SMILES string of the molecule is CCC1CCC(Nc2ccc(-n3nccn3)cc2)CC1. The van der Waals surface area contributed by atoms with E-state index in [0.29, 0.717) is 6.04 Å². The largest absolute Gasteiger partial charge is 0.382 e. The highest BCUT2D eigenvalue weighted by molar-refractivity contribution is 5.48. The summed E-state index contributed by atoms with van der Waals surface area (Å²) in [5, 5.41) is 11.9. The third-order valence-electron chi connectivity index (χ3n) is 4.31. The van der Waals surface area contributed by atoms with Gasteiger partial charge in [0.25, 0.3) is 0 Å². The van der Waals surface area contributed by atoms with Gasteiger partial charge >= 0.3 is 0 Å². The number of aromatic nitrogens is 3. The quantitative estimate of drug-likeness (QED) is 0.922. The molecular weight excluding hydrogens is 248 g/mol. The van der Waals surface area contributed by atoms with E-state index in [4.69, 9.17) is 0 Å². The van der Waals surface area contributed by atoms with Gasteiger partial charge in [0.05, 0.1) is 18.1 Å². The van der Waals surface area contributed by atoms with Crippen molar-refractivity contribution < 1.29 is 0 Å². The molecule has 0 saturated heterocycles. The second-order valence-corrected chi connectivity index (χ2v) is 5.64. The van der Waals surface area contributed by atoms with E-state index in [1.165, 1.54) is 37.8 Å². The van der Waals surface area contributed by atoms with Crippen LogP contribution in [0.5, 0.6) is 0 Å². The molecule has 4 heteroatoms. The normalized spacial score (nSPS) is 22.6. The maximum absolute atomic E-state index is 4.13. The molecule has 0 atom stereocenters. The topological polar surface area (TPSA) is 42.7 Å². The molecule has 0 aliphatic heterocycles. The van der Waals surface area contributed by atoms with Crippen LogP contribution < -0.4 is 5.32 Å². The number of hydrogen-bond acceptors (Lipinski definition) is 3. The van der Waals surface area contributed by atoms with E-state index in [-0.39, 0.29) is 0 Å². The lowest BCUT2D eigenvalue weighted by Gasteiger charge is -2.29. The Kier molecular flexibility index (Phi) is 4.00. The van der Waals surface area contributed by atoms with Crippen LogP contribution in [0, 0.1) is 5.92 Å². The fourth-order valence-corrected chi connectivity index (χ4v) is 2.99. The molecule has 1 aliphatic rings. The Labute approximate surface area is 120 Å². The molecule has 1 aromatic heterocycles. The standard InChI is InChI=1S/C16H22N4/c1-2-13-3-5-14(6-4-13)19-15-7-9-16(10-8-15)20-17-11-12-18-20/h7-14,19H,2-6H2,1H3. The van der Waals surface area contributed by atoms with Gasteiger partial charge < -0.3 is 5.32 Å². The average Bonchev–Trinajstić information content (AvgIpc) is 3.03. The van der Waals surface area contributed by atoms with Gasteiger partial charge in [-0.2, -0.15) is 15.0 Å². The Morgan fingerprint density at radius 3 is 2.30 bits per heavy atom. The average molecular weight is 270 g/mol. The molecule has 0 amide bonds. The Morgan fingerprint density at radius 2 is 1.70 bits per heavy atom. The number of nitrogens with zero attached hydrogens (tertiary/aromatic N) is 3. The molecule has 0 unspecified atom stereocenters. The summed E-state index contributed by atoms with van der Waals surface area (Å²) in [6.07, 6.45) is 10.0. The molecule has 1 aliphatic carbocycles. The predicted molar refractivity (Wildman–Crippen MR) is 81.0 cm³/mol. The van der Waals surface area contributed by atoms with Gasteiger partial charge in [-0.15, -0.1) is 0 Å². The minimum absolute atomic E-state index is 0.631. The number of nitrogens with one attached hydrogen (secondary N) is 1. The first-order chi connectivity index (χ1) is 9.85. The summed E-state index contributed by atoms with van der Waals surface area (Å²) in [6.45, 7) is 2.31. The highest BCUT2D eigenvalue weighted by Crippen LogP contribution is 2.28. The summed E-state index contributed by atoms with van der Waals surface area (Å²) >= 11 is 0. The molecular formula is C16H22N4. The Hall–Kier alpha value is -1.84. The molecule has 1 N–H and O–H groups in total. The number of benzene rings is 1. The van der Waals surface area contributed by atoms with Gasteiger partial charge in [0.15, 0.2) is 0 Å². The summed E-state index contributed by atoms with van der Waals surface area (Å²) in [5.74, 6) is 0.946. The van der Waals surface area contributed by atoms with Gasteiger partial charge in [-0.25, -0.2) is 0 Å². The number of rotatable bonds is 4. The van der Waals surface area contributed by atoms with Crippen LogP contribution in [-0.4, -0.2) is 21.0 Å². The fourth-order valence-electron chi connectivity index (χ4n) is 2.99. The molecule has 4 nitrogen and oxygen atoms in total.